The summed E-state index contributed by atoms with van der Waals surface area (Å²) < 4.78 is 95.8. The fourth-order valence-corrected chi connectivity index (χ4v) is 7.48. The number of carbonyl (C=O) groups is 1. The Hall–Kier alpha value is -3.46. The Labute approximate surface area is 238 Å². The van der Waals surface area contributed by atoms with Crippen LogP contribution in [0.4, 0.5) is 13.2 Å². The normalized spacial score (nSPS) is 18.0. The van der Waals surface area contributed by atoms with Crippen molar-refractivity contribution < 1.29 is 34.8 Å². The molecule has 1 amide bonds. The van der Waals surface area contributed by atoms with Gasteiger partial charge in [-0.1, -0.05) is 41.9 Å². The van der Waals surface area contributed by atoms with E-state index >= 15 is 0 Å². The van der Waals surface area contributed by atoms with E-state index in [2.05, 4.69) is 14.7 Å². The highest BCUT2D eigenvalue weighted by atomic mass is 35.5. The van der Waals surface area contributed by atoms with Crippen LogP contribution in [-0.4, -0.2) is 32.7 Å². The molecule has 0 aliphatic carbocycles. The van der Waals surface area contributed by atoms with Crippen molar-refractivity contribution in [3.63, 3.8) is 0 Å². The summed E-state index contributed by atoms with van der Waals surface area (Å²) in [6.45, 7) is 1.87. The lowest BCUT2D eigenvalue weighted by Gasteiger charge is -2.18. The molecule has 41 heavy (non-hydrogen) atoms. The van der Waals surface area contributed by atoms with Gasteiger partial charge < -0.3 is 4.98 Å². The summed E-state index contributed by atoms with van der Waals surface area (Å²) in [4.78, 5) is 18.6. The fourth-order valence-electron chi connectivity index (χ4n) is 4.60. The summed E-state index contributed by atoms with van der Waals surface area (Å²) >= 11 is 5.67. The van der Waals surface area contributed by atoms with Gasteiger partial charge in [0, 0.05) is 0 Å². The van der Waals surface area contributed by atoms with Crippen molar-refractivity contribution in [1.82, 2.24) is 19.4 Å². The molecule has 1 aliphatic heterocycles. The Kier molecular flexibility index (Phi) is 7.39. The maximum Gasteiger partial charge on any atom is 0.417 e. The van der Waals surface area contributed by atoms with Crippen LogP contribution in [0.2, 0.25) is 5.02 Å². The third kappa shape index (κ3) is 6.10. The van der Waals surface area contributed by atoms with Gasteiger partial charge >= 0.3 is 6.18 Å². The number of hydrogen-bond donors (Lipinski definition) is 3. The van der Waals surface area contributed by atoms with Crippen LogP contribution >= 0.6 is 11.6 Å². The molecule has 4 aromatic rings. The van der Waals surface area contributed by atoms with Gasteiger partial charge in [0.1, 0.15) is 11.1 Å². The van der Waals surface area contributed by atoms with E-state index in [1.807, 2.05) is 23.8 Å². The van der Waals surface area contributed by atoms with Gasteiger partial charge in [-0.2, -0.15) is 13.2 Å². The van der Waals surface area contributed by atoms with E-state index in [1.165, 1.54) is 12.1 Å². The lowest BCUT2D eigenvalue weighted by molar-refractivity contribution is -0.137. The number of rotatable bonds is 7. The van der Waals surface area contributed by atoms with Crippen molar-refractivity contribution in [3.8, 4) is 0 Å². The number of imidazole rings is 1. The Morgan fingerprint density at radius 1 is 1.10 bits per heavy atom. The van der Waals surface area contributed by atoms with Gasteiger partial charge in [0.25, 0.3) is 0 Å². The minimum Gasteiger partial charge on any atom is -0.341 e. The van der Waals surface area contributed by atoms with Crippen LogP contribution in [0.15, 0.2) is 65.6 Å². The second-order valence-corrected chi connectivity index (χ2v) is 13.6. The highest BCUT2D eigenvalue weighted by Crippen LogP contribution is 2.36. The summed E-state index contributed by atoms with van der Waals surface area (Å²) in [5.74, 6) is -0.388. The number of sulfonamides is 2. The smallest absolute Gasteiger partial charge is 0.341 e. The number of fused-ring (bicyclic) bond motifs is 1. The molecular weight excluding hydrogens is 605 g/mol. The molecule has 0 saturated carbocycles. The number of aryl methyl sites for hydroxylation is 1. The number of aromatic nitrogens is 2. The molecule has 1 fully saturated rings. The van der Waals surface area contributed by atoms with E-state index < -0.39 is 58.9 Å². The number of carbonyl (C=O) groups excluding carboxylic acids is 1. The minimum absolute atomic E-state index is 0.00658. The van der Waals surface area contributed by atoms with Gasteiger partial charge in [-0.3, -0.25) is 9.52 Å². The van der Waals surface area contributed by atoms with Crippen LogP contribution in [0.25, 0.3) is 11.0 Å². The molecule has 2 atom stereocenters. The maximum atomic E-state index is 13.4. The lowest BCUT2D eigenvalue weighted by atomic mass is 10.0. The first-order valence-electron chi connectivity index (χ1n) is 12.1. The highest BCUT2D eigenvalue weighted by Gasteiger charge is 2.38. The summed E-state index contributed by atoms with van der Waals surface area (Å²) in [6.07, 6.45) is -5.08. The average molecular weight is 627 g/mol. The van der Waals surface area contributed by atoms with Gasteiger partial charge in [0.15, 0.2) is 0 Å². The van der Waals surface area contributed by atoms with E-state index in [0.717, 1.165) is 17.7 Å². The molecule has 1 unspecified atom stereocenters. The van der Waals surface area contributed by atoms with Gasteiger partial charge in [0.2, 0.25) is 26.0 Å². The first-order chi connectivity index (χ1) is 19.1. The third-order valence-corrected chi connectivity index (χ3v) is 10.1. The zero-order valence-electron chi connectivity index (χ0n) is 21.2. The first-order valence-corrected chi connectivity index (χ1v) is 15.5. The molecule has 1 aliphatic rings. The second-order valence-electron chi connectivity index (χ2n) is 9.66. The molecule has 2 heterocycles. The summed E-state index contributed by atoms with van der Waals surface area (Å²) in [7, 11) is -8.36. The molecule has 3 aromatic carbocycles. The Morgan fingerprint density at radius 2 is 1.80 bits per heavy atom. The van der Waals surface area contributed by atoms with Crippen LogP contribution in [0.1, 0.15) is 45.8 Å². The van der Waals surface area contributed by atoms with Crippen LogP contribution < -0.4 is 9.44 Å². The van der Waals surface area contributed by atoms with E-state index in [-0.39, 0.29) is 18.7 Å². The molecule has 3 N–H and O–H groups in total. The molecule has 0 radical (unpaired) electrons. The number of nitrogens with one attached hydrogen (secondary N) is 3. The number of benzene rings is 3. The third-order valence-electron chi connectivity index (χ3n) is 6.63. The van der Waals surface area contributed by atoms with Crippen molar-refractivity contribution in [3.05, 3.63) is 93.8 Å². The molecular formula is C26H22ClF3N4O5S2. The molecule has 0 bridgehead atoms. The molecule has 1 aromatic heterocycles. The average Bonchev–Trinajstić information content (AvgIpc) is 3.42. The maximum absolute atomic E-state index is 13.4. The van der Waals surface area contributed by atoms with Crippen molar-refractivity contribution in [1.29, 1.82) is 0 Å². The second kappa shape index (κ2) is 10.4. The van der Waals surface area contributed by atoms with Gasteiger partial charge in [0.05, 0.1) is 39.0 Å². The van der Waals surface area contributed by atoms with Crippen LogP contribution in [0, 0.1) is 6.92 Å². The molecule has 9 nitrogen and oxygen atoms in total. The molecule has 1 saturated heterocycles. The fraction of sp³-hybridized carbons (Fsp3) is 0.231. The minimum atomic E-state index is -4.87. The summed E-state index contributed by atoms with van der Waals surface area (Å²) in [5, 5.41) is -1.69. The van der Waals surface area contributed by atoms with E-state index in [9.17, 15) is 34.8 Å². The van der Waals surface area contributed by atoms with Gasteiger partial charge in [-0.05, 0) is 60.4 Å². The van der Waals surface area contributed by atoms with Crippen molar-refractivity contribution >= 4 is 48.6 Å². The number of hydrogen-bond acceptors (Lipinski definition) is 6. The van der Waals surface area contributed by atoms with Crippen molar-refractivity contribution in [2.24, 2.45) is 0 Å². The topological polar surface area (TPSA) is 138 Å². The first kappa shape index (κ1) is 29.0. The number of aromatic amines is 1. The highest BCUT2D eigenvalue weighted by molar-refractivity contribution is 7.90. The van der Waals surface area contributed by atoms with Gasteiger partial charge in [-0.15, -0.1) is 0 Å². The van der Waals surface area contributed by atoms with Gasteiger partial charge in [-0.25, -0.2) is 26.5 Å². The summed E-state index contributed by atoms with van der Waals surface area (Å²) in [5.41, 5.74) is 1.78. The predicted molar refractivity (Wildman–Crippen MR) is 145 cm³/mol. The standard InChI is InChI=1S/C26H22ClF3N4O5S2/c1-14-2-9-20-21(10-14)32-25(31-20)22(33-40(36,37)17-7-8-19(27)18(12-17)26(28,29)30)11-15-3-5-16(6-4-15)23-13-24(35)34-41(23,38)39/h2-10,12,22-23,33H,11,13H2,1H3,(H,31,32)(H,34,35)/t22-,23?/m0/s1. The predicted octanol–water partition coefficient (Wildman–Crippen LogP) is 4.70. The van der Waals surface area contributed by atoms with Crippen LogP contribution in [-0.2, 0) is 37.4 Å². The number of amides is 1. The van der Waals surface area contributed by atoms with Crippen molar-refractivity contribution in [2.75, 3.05) is 0 Å². The Bertz CT molecular complexity index is 1880. The molecule has 216 valence electrons. The van der Waals surface area contributed by atoms with Crippen LogP contribution in [0.3, 0.4) is 0 Å². The summed E-state index contributed by atoms with van der Waals surface area (Å²) in [6, 6.07) is 12.9. The quantitative estimate of drug-likeness (QED) is 0.272. The van der Waals surface area contributed by atoms with E-state index in [4.69, 9.17) is 11.6 Å². The van der Waals surface area contributed by atoms with Crippen molar-refractivity contribution in [2.45, 2.75) is 42.1 Å². The molecule has 15 heteroatoms. The number of halogens is 4. The van der Waals surface area contributed by atoms with E-state index in [1.54, 1.807) is 18.2 Å². The Balaban J connectivity index is 1.50. The number of H-pyrrole nitrogens is 1. The zero-order valence-corrected chi connectivity index (χ0v) is 23.5. The monoisotopic (exact) mass is 626 g/mol. The number of nitrogens with zero attached hydrogens (tertiary/aromatic N) is 1. The number of alkyl halides is 3. The zero-order chi connectivity index (χ0) is 29.7. The van der Waals surface area contributed by atoms with E-state index in [0.29, 0.717) is 28.2 Å². The Morgan fingerprint density at radius 3 is 2.44 bits per heavy atom. The lowest BCUT2D eigenvalue weighted by Crippen LogP contribution is -2.31. The largest absolute Gasteiger partial charge is 0.417 e. The molecule has 0 spiro atoms. The van der Waals surface area contributed by atoms with Crippen LogP contribution in [0.5, 0.6) is 0 Å². The SMILES string of the molecule is Cc1ccc2nc([C@H](Cc3ccc(C4CC(=O)NS4(=O)=O)cc3)NS(=O)(=O)c3ccc(Cl)c(C(F)(F)F)c3)[nH]c2c1. The molecule has 5 rings (SSSR count).